The lowest BCUT2D eigenvalue weighted by molar-refractivity contribution is -0.116. The Morgan fingerprint density at radius 2 is 1.32 bits per heavy atom. The van der Waals surface area contributed by atoms with Crippen LogP contribution in [0.5, 0.6) is 0 Å². The van der Waals surface area contributed by atoms with Crippen molar-refractivity contribution in [2.24, 2.45) is 0 Å². The zero-order valence-electron chi connectivity index (χ0n) is 10.4. The fourth-order valence-electron chi connectivity index (χ4n) is 3.06. The molecule has 0 aliphatic carbocycles. The van der Waals surface area contributed by atoms with Gasteiger partial charge < -0.3 is 5.32 Å². The average molecular weight is 247 g/mol. The first-order valence-corrected chi connectivity index (χ1v) is 6.57. The molecule has 1 heterocycles. The van der Waals surface area contributed by atoms with Gasteiger partial charge in [0.15, 0.2) is 0 Å². The average Bonchev–Trinajstić information content (AvgIpc) is 2.47. The van der Waals surface area contributed by atoms with Crippen LogP contribution in [0, 0.1) is 0 Å². The Labute approximate surface area is 111 Å². The first-order valence-electron chi connectivity index (χ1n) is 6.57. The summed E-state index contributed by atoms with van der Waals surface area (Å²) in [6.45, 7) is 0. The molecule has 0 unspecified atom stereocenters. The molecule has 4 rings (SSSR count). The molecular formula is C17H13NO. The molecule has 0 fully saturated rings. The van der Waals surface area contributed by atoms with E-state index in [1.807, 2.05) is 12.1 Å². The summed E-state index contributed by atoms with van der Waals surface area (Å²) in [5.41, 5.74) is 2.28. The molecule has 3 aromatic rings. The molecule has 1 amide bonds. The van der Waals surface area contributed by atoms with Crippen LogP contribution in [-0.4, -0.2) is 5.91 Å². The highest BCUT2D eigenvalue weighted by molar-refractivity contribution is 6.18. The summed E-state index contributed by atoms with van der Waals surface area (Å²) in [7, 11) is 0. The fourth-order valence-corrected chi connectivity index (χ4v) is 3.06. The van der Waals surface area contributed by atoms with Gasteiger partial charge in [0.1, 0.15) is 0 Å². The van der Waals surface area contributed by atoms with Crippen molar-refractivity contribution in [3.8, 4) is 0 Å². The number of rotatable bonds is 0. The van der Waals surface area contributed by atoms with Gasteiger partial charge in [0.2, 0.25) is 5.91 Å². The van der Waals surface area contributed by atoms with Crippen molar-refractivity contribution in [1.29, 1.82) is 0 Å². The summed E-state index contributed by atoms with van der Waals surface area (Å²) >= 11 is 0. The molecule has 0 aromatic heterocycles. The van der Waals surface area contributed by atoms with Crippen LogP contribution < -0.4 is 5.32 Å². The van der Waals surface area contributed by atoms with E-state index in [4.69, 9.17) is 0 Å². The third-order valence-electron chi connectivity index (χ3n) is 3.91. The second-order valence-electron chi connectivity index (χ2n) is 4.99. The van der Waals surface area contributed by atoms with Gasteiger partial charge in [-0.1, -0.05) is 48.5 Å². The quantitative estimate of drug-likeness (QED) is 0.600. The summed E-state index contributed by atoms with van der Waals surface area (Å²) in [5.74, 6) is 0.118. The SMILES string of the molecule is O=C1CCc2c(c3ccccc3c3ccccc23)N1. The van der Waals surface area contributed by atoms with Gasteiger partial charge in [0.05, 0.1) is 5.69 Å². The van der Waals surface area contributed by atoms with Crippen LogP contribution in [0.2, 0.25) is 0 Å². The van der Waals surface area contributed by atoms with Gasteiger partial charge in [-0.15, -0.1) is 0 Å². The second kappa shape index (κ2) is 3.82. The number of amides is 1. The maximum absolute atomic E-state index is 11.7. The molecule has 0 atom stereocenters. The van der Waals surface area contributed by atoms with E-state index in [1.165, 1.54) is 21.7 Å². The highest BCUT2D eigenvalue weighted by Crippen LogP contribution is 2.38. The van der Waals surface area contributed by atoms with Crippen LogP contribution >= 0.6 is 0 Å². The summed E-state index contributed by atoms with van der Waals surface area (Å²) in [6.07, 6.45) is 1.40. The van der Waals surface area contributed by atoms with Gasteiger partial charge in [-0.3, -0.25) is 4.79 Å². The van der Waals surface area contributed by atoms with Crippen molar-refractivity contribution >= 4 is 33.1 Å². The summed E-state index contributed by atoms with van der Waals surface area (Å²) in [5, 5.41) is 7.94. The molecule has 0 saturated carbocycles. The second-order valence-corrected chi connectivity index (χ2v) is 4.99. The molecule has 2 nitrogen and oxygen atoms in total. The molecule has 1 aliphatic rings. The number of carbonyl (C=O) groups is 1. The highest BCUT2D eigenvalue weighted by atomic mass is 16.1. The molecule has 0 radical (unpaired) electrons. The lowest BCUT2D eigenvalue weighted by atomic mass is 9.91. The predicted molar refractivity (Wildman–Crippen MR) is 78.4 cm³/mol. The zero-order chi connectivity index (χ0) is 12.8. The molecule has 19 heavy (non-hydrogen) atoms. The van der Waals surface area contributed by atoms with Crippen LogP contribution in [0.25, 0.3) is 21.5 Å². The smallest absolute Gasteiger partial charge is 0.224 e. The number of fused-ring (bicyclic) bond motifs is 6. The normalized spacial score (nSPS) is 14.4. The Bertz CT molecular complexity index is 820. The van der Waals surface area contributed by atoms with E-state index in [2.05, 4.69) is 41.7 Å². The van der Waals surface area contributed by atoms with E-state index in [1.54, 1.807) is 0 Å². The lowest BCUT2D eigenvalue weighted by Gasteiger charge is -2.21. The van der Waals surface area contributed by atoms with Gasteiger partial charge in [-0.25, -0.2) is 0 Å². The minimum Gasteiger partial charge on any atom is -0.325 e. The van der Waals surface area contributed by atoms with Crippen LogP contribution in [-0.2, 0) is 11.2 Å². The summed E-state index contributed by atoms with van der Waals surface area (Å²) in [6, 6.07) is 16.7. The molecular weight excluding hydrogens is 234 g/mol. The Hall–Kier alpha value is -2.35. The minimum atomic E-state index is 0.118. The van der Waals surface area contributed by atoms with Gasteiger partial charge >= 0.3 is 0 Å². The van der Waals surface area contributed by atoms with E-state index in [0.29, 0.717) is 6.42 Å². The number of anilines is 1. The van der Waals surface area contributed by atoms with Crippen molar-refractivity contribution in [2.75, 3.05) is 5.32 Å². The molecule has 92 valence electrons. The Morgan fingerprint density at radius 3 is 2.05 bits per heavy atom. The monoisotopic (exact) mass is 247 g/mol. The largest absolute Gasteiger partial charge is 0.325 e. The molecule has 1 N–H and O–H groups in total. The van der Waals surface area contributed by atoms with E-state index in [9.17, 15) is 4.79 Å². The van der Waals surface area contributed by atoms with E-state index >= 15 is 0 Å². The van der Waals surface area contributed by atoms with E-state index in [0.717, 1.165) is 17.5 Å². The Morgan fingerprint density at radius 1 is 0.737 bits per heavy atom. The van der Waals surface area contributed by atoms with Crippen LogP contribution in [0.15, 0.2) is 48.5 Å². The minimum absolute atomic E-state index is 0.118. The lowest BCUT2D eigenvalue weighted by Crippen LogP contribution is -2.19. The number of aryl methyl sites for hydroxylation is 1. The fraction of sp³-hybridized carbons (Fsp3) is 0.118. The van der Waals surface area contributed by atoms with Crippen molar-refractivity contribution in [3.63, 3.8) is 0 Å². The number of carbonyl (C=O) groups excluding carboxylic acids is 1. The maximum Gasteiger partial charge on any atom is 0.224 e. The third-order valence-corrected chi connectivity index (χ3v) is 3.91. The van der Waals surface area contributed by atoms with Crippen LogP contribution in [0.3, 0.4) is 0 Å². The number of hydrogen-bond donors (Lipinski definition) is 1. The first-order chi connectivity index (χ1) is 9.34. The standard InChI is InChI=1S/C17H13NO/c19-16-10-9-15-13-7-2-1-5-11(13)12-6-3-4-8-14(12)17(15)18-16/h1-8H,9-10H2,(H,18,19). The van der Waals surface area contributed by atoms with Gasteiger partial charge in [-0.05, 0) is 28.1 Å². The maximum atomic E-state index is 11.7. The van der Waals surface area contributed by atoms with Gasteiger partial charge in [-0.2, -0.15) is 0 Å². The van der Waals surface area contributed by atoms with Crippen LogP contribution in [0.4, 0.5) is 5.69 Å². The zero-order valence-corrected chi connectivity index (χ0v) is 10.4. The highest BCUT2D eigenvalue weighted by Gasteiger charge is 2.20. The van der Waals surface area contributed by atoms with Crippen molar-refractivity contribution in [2.45, 2.75) is 12.8 Å². The van der Waals surface area contributed by atoms with Crippen LogP contribution in [0.1, 0.15) is 12.0 Å². The van der Waals surface area contributed by atoms with Crippen molar-refractivity contribution in [3.05, 3.63) is 54.1 Å². The predicted octanol–water partition coefficient (Wildman–Crippen LogP) is 3.88. The molecule has 0 spiro atoms. The Kier molecular flexibility index (Phi) is 2.12. The molecule has 3 aromatic carbocycles. The number of nitrogens with one attached hydrogen (secondary N) is 1. The number of benzene rings is 3. The molecule has 0 bridgehead atoms. The van der Waals surface area contributed by atoms with Crippen molar-refractivity contribution in [1.82, 2.24) is 0 Å². The molecule has 1 aliphatic heterocycles. The Balaban J connectivity index is 2.25. The molecule has 2 heteroatoms. The van der Waals surface area contributed by atoms with Gasteiger partial charge in [0, 0.05) is 11.8 Å². The number of hydrogen-bond acceptors (Lipinski definition) is 1. The van der Waals surface area contributed by atoms with Crippen molar-refractivity contribution < 1.29 is 4.79 Å². The summed E-state index contributed by atoms with van der Waals surface area (Å²) < 4.78 is 0. The van der Waals surface area contributed by atoms with Gasteiger partial charge in [0.25, 0.3) is 0 Å². The summed E-state index contributed by atoms with van der Waals surface area (Å²) in [4.78, 5) is 11.7. The van der Waals surface area contributed by atoms with E-state index < -0.39 is 0 Å². The first kappa shape index (κ1) is 10.6. The van der Waals surface area contributed by atoms with E-state index in [-0.39, 0.29) is 5.91 Å². The third kappa shape index (κ3) is 1.46. The topological polar surface area (TPSA) is 29.1 Å². The molecule has 0 saturated heterocycles.